The van der Waals surface area contributed by atoms with Crippen molar-refractivity contribution >= 4 is 9.84 Å². The minimum absolute atomic E-state index is 0.200. The van der Waals surface area contributed by atoms with Gasteiger partial charge < -0.3 is 5.73 Å². The van der Waals surface area contributed by atoms with E-state index in [0.717, 1.165) is 19.3 Å². The van der Waals surface area contributed by atoms with Gasteiger partial charge in [-0.2, -0.15) is 0 Å². The van der Waals surface area contributed by atoms with Crippen molar-refractivity contribution in [3.8, 4) is 0 Å². The van der Waals surface area contributed by atoms with Crippen molar-refractivity contribution in [1.29, 1.82) is 0 Å². The molecule has 2 unspecified atom stereocenters. The Hall–Kier alpha value is -0.130. The molecule has 1 aliphatic rings. The van der Waals surface area contributed by atoms with Gasteiger partial charge in [0.2, 0.25) is 0 Å². The monoisotopic (exact) mass is 234 g/mol. The Kier molecular flexibility index (Phi) is 4.55. The van der Waals surface area contributed by atoms with Crippen LogP contribution < -0.4 is 5.73 Å². The molecule has 0 aromatic carbocycles. The smallest absolute Gasteiger partial charge is 0.151 e. The normalized spacial score (nSPS) is 27.1. The summed E-state index contributed by atoms with van der Waals surface area (Å²) < 4.78 is 22.7. The largest absolute Gasteiger partial charge is 0.330 e. The van der Waals surface area contributed by atoms with E-state index in [2.05, 4.69) is 11.8 Å². The fraction of sp³-hybridized carbons (Fsp3) is 1.00. The topological polar surface area (TPSA) is 63.4 Å². The number of hydrogen-bond donors (Lipinski definition) is 1. The fourth-order valence-electron chi connectivity index (χ4n) is 2.28. The maximum atomic E-state index is 11.4. The second-order valence-electron chi connectivity index (χ2n) is 4.36. The quantitative estimate of drug-likeness (QED) is 0.740. The first kappa shape index (κ1) is 12.9. The molecule has 1 heterocycles. The zero-order valence-corrected chi connectivity index (χ0v) is 10.5. The molecule has 0 radical (unpaired) electrons. The van der Waals surface area contributed by atoms with Crippen LogP contribution in [0.5, 0.6) is 0 Å². The first-order valence-corrected chi connectivity index (χ1v) is 7.44. The Labute approximate surface area is 92.7 Å². The molecule has 0 aromatic rings. The van der Waals surface area contributed by atoms with Crippen molar-refractivity contribution in [2.75, 3.05) is 25.1 Å². The van der Waals surface area contributed by atoms with E-state index in [1.54, 1.807) is 0 Å². The highest BCUT2D eigenvalue weighted by Crippen LogP contribution is 2.20. The van der Waals surface area contributed by atoms with E-state index < -0.39 is 9.84 Å². The summed E-state index contributed by atoms with van der Waals surface area (Å²) in [6.07, 6.45) is 2.76. The van der Waals surface area contributed by atoms with E-state index in [9.17, 15) is 8.42 Å². The lowest BCUT2D eigenvalue weighted by molar-refractivity contribution is 0.175. The van der Waals surface area contributed by atoms with E-state index >= 15 is 0 Å². The molecule has 0 aliphatic carbocycles. The van der Waals surface area contributed by atoms with Crippen LogP contribution in [0.2, 0.25) is 0 Å². The summed E-state index contributed by atoms with van der Waals surface area (Å²) in [5.41, 5.74) is 5.55. The van der Waals surface area contributed by atoms with E-state index in [1.807, 2.05) is 7.05 Å². The van der Waals surface area contributed by atoms with Gasteiger partial charge in [0.15, 0.2) is 9.84 Å². The maximum absolute atomic E-state index is 11.4. The van der Waals surface area contributed by atoms with Gasteiger partial charge in [-0.1, -0.05) is 6.92 Å². The van der Waals surface area contributed by atoms with Gasteiger partial charge in [0, 0.05) is 12.1 Å². The predicted molar refractivity (Wildman–Crippen MR) is 62.6 cm³/mol. The van der Waals surface area contributed by atoms with E-state index in [0.29, 0.717) is 24.1 Å². The van der Waals surface area contributed by atoms with Gasteiger partial charge in [0.05, 0.1) is 11.5 Å². The summed E-state index contributed by atoms with van der Waals surface area (Å²) in [5.74, 6) is 0.672. The number of rotatable bonds is 5. The molecule has 5 heteroatoms. The standard InChI is InChI=1S/C10H22N2O2S/c1-3-9(4-6-11)12(2)10-5-7-15(13,14)8-10/h9-10H,3-8,11H2,1-2H3. The van der Waals surface area contributed by atoms with Crippen molar-refractivity contribution in [1.82, 2.24) is 4.90 Å². The Bertz CT molecular complexity index is 290. The van der Waals surface area contributed by atoms with Gasteiger partial charge in [-0.25, -0.2) is 8.42 Å². The van der Waals surface area contributed by atoms with Gasteiger partial charge in [-0.05, 0) is 32.9 Å². The van der Waals surface area contributed by atoms with Crippen LogP contribution in [0.1, 0.15) is 26.2 Å². The van der Waals surface area contributed by atoms with Gasteiger partial charge in [-0.15, -0.1) is 0 Å². The summed E-state index contributed by atoms with van der Waals surface area (Å²) in [6, 6.07) is 0.625. The van der Waals surface area contributed by atoms with Crippen LogP contribution in [0, 0.1) is 0 Å². The summed E-state index contributed by atoms with van der Waals surface area (Å²) in [7, 11) is -0.747. The van der Waals surface area contributed by atoms with Gasteiger partial charge >= 0.3 is 0 Å². The molecular weight excluding hydrogens is 212 g/mol. The Balaban J connectivity index is 2.56. The lowest BCUT2D eigenvalue weighted by Gasteiger charge is -2.31. The average Bonchev–Trinajstić information content (AvgIpc) is 2.54. The molecule has 0 saturated carbocycles. The Morgan fingerprint density at radius 2 is 2.20 bits per heavy atom. The molecule has 1 fully saturated rings. The molecule has 1 rings (SSSR count). The molecule has 15 heavy (non-hydrogen) atoms. The lowest BCUT2D eigenvalue weighted by Crippen LogP contribution is -2.41. The third kappa shape index (κ3) is 3.43. The molecule has 0 bridgehead atoms. The van der Waals surface area contributed by atoms with Crippen LogP contribution in [-0.4, -0.2) is 50.5 Å². The Morgan fingerprint density at radius 3 is 2.60 bits per heavy atom. The number of nitrogens with zero attached hydrogens (tertiary/aromatic N) is 1. The molecule has 2 N–H and O–H groups in total. The van der Waals surface area contributed by atoms with Crippen molar-refractivity contribution in [2.45, 2.75) is 38.3 Å². The second-order valence-corrected chi connectivity index (χ2v) is 6.59. The molecule has 0 aromatic heterocycles. The van der Waals surface area contributed by atoms with Crippen LogP contribution in [-0.2, 0) is 9.84 Å². The van der Waals surface area contributed by atoms with Gasteiger partial charge in [0.1, 0.15) is 0 Å². The summed E-state index contributed by atoms with van der Waals surface area (Å²) in [5, 5.41) is 0. The molecule has 1 aliphatic heterocycles. The van der Waals surface area contributed by atoms with Gasteiger partial charge in [-0.3, -0.25) is 4.90 Å². The van der Waals surface area contributed by atoms with Crippen LogP contribution >= 0.6 is 0 Å². The van der Waals surface area contributed by atoms with Crippen molar-refractivity contribution in [3.05, 3.63) is 0 Å². The first-order chi connectivity index (χ1) is 7.00. The molecular formula is C10H22N2O2S. The average molecular weight is 234 g/mol. The second kappa shape index (κ2) is 5.27. The van der Waals surface area contributed by atoms with Crippen LogP contribution in [0.3, 0.4) is 0 Å². The SMILES string of the molecule is CCC(CCN)N(C)C1CCS(=O)(=O)C1. The van der Waals surface area contributed by atoms with E-state index in [1.165, 1.54) is 0 Å². The highest BCUT2D eigenvalue weighted by molar-refractivity contribution is 7.91. The zero-order valence-electron chi connectivity index (χ0n) is 9.65. The van der Waals surface area contributed by atoms with E-state index in [4.69, 9.17) is 5.73 Å². The lowest BCUT2D eigenvalue weighted by atomic mass is 10.1. The minimum atomic E-state index is -2.77. The highest BCUT2D eigenvalue weighted by Gasteiger charge is 2.32. The molecule has 4 nitrogen and oxygen atoms in total. The van der Waals surface area contributed by atoms with Crippen molar-refractivity contribution in [3.63, 3.8) is 0 Å². The molecule has 0 spiro atoms. The minimum Gasteiger partial charge on any atom is -0.330 e. The molecule has 0 amide bonds. The van der Waals surface area contributed by atoms with Crippen LogP contribution in [0.25, 0.3) is 0 Å². The molecule has 90 valence electrons. The number of nitrogens with two attached hydrogens (primary N) is 1. The fourth-order valence-corrected chi connectivity index (χ4v) is 4.07. The van der Waals surface area contributed by atoms with Gasteiger partial charge in [0.25, 0.3) is 0 Å². The summed E-state index contributed by atoms with van der Waals surface area (Å²) in [6.45, 7) is 2.79. The zero-order chi connectivity index (χ0) is 11.5. The third-order valence-corrected chi connectivity index (χ3v) is 5.08. The number of hydrogen-bond acceptors (Lipinski definition) is 4. The molecule has 1 saturated heterocycles. The number of sulfone groups is 1. The van der Waals surface area contributed by atoms with Crippen LogP contribution in [0.15, 0.2) is 0 Å². The summed E-state index contributed by atoms with van der Waals surface area (Å²) in [4.78, 5) is 2.21. The van der Waals surface area contributed by atoms with Crippen molar-refractivity contribution in [2.24, 2.45) is 5.73 Å². The third-order valence-electron chi connectivity index (χ3n) is 3.33. The maximum Gasteiger partial charge on any atom is 0.151 e. The van der Waals surface area contributed by atoms with Crippen LogP contribution in [0.4, 0.5) is 0 Å². The summed E-state index contributed by atoms with van der Waals surface area (Å²) >= 11 is 0. The predicted octanol–water partition coefficient (Wildman–Crippen LogP) is 0.233. The first-order valence-electron chi connectivity index (χ1n) is 5.62. The van der Waals surface area contributed by atoms with Crippen molar-refractivity contribution < 1.29 is 8.42 Å². The van der Waals surface area contributed by atoms with E-state index in [-0.39, 0.29) is 6.04 Å². The highest BCUT2D eigenvalue weighted by atomic mass is 32.2. The Morgan fingerprint density at radius 1 is 1.53 bits per heavy atom. The molecule has 2 atom stereocenters.